The maximum absolute atomic E-state index is 13.2. The van der Waals surface area contributed by atoms with Gasteiger partial charge in [0.05, 0.1) is 25.2 Å². The lowest BCUT2D eigenvalue weighted by atomic mass is 10.0. The van der Waals surface area contributed by atoms with Crippen molar-refractivity contribution in [3.8, 4) is 0 Å². The number of hydrogen-bond acceptors (Lipinski definition) is 5. The van der Waals surface area contributed by atoms with Crippen LogP contribution in [0.25, 0.3) is 0 Å². The van der Waals surface area contributed by atoms with Gasteiger partial charge in [-0.3, -0.25) is 9.59 Å². The highest BCUT2D eigenvalue weighted by Crippen LogP contribution is 2.16. The summed E-state index contributed by atoms with van der Waals surface area (Å²) < 4.78 is 5.88. The van der Waals surface area contributed by atoms with E-state index in [1.165, 1.54) is 70.6 Å². The second-order valence-electron chi connectivity index (χ2n) is 16.0. The Labute approximate surface area is 363 Å². The van der Waals surface area contributed by atoms with Crippen molar-refractivity contribution in [1.29, 1.82) is 0 Å². The van der Waals surface area contributed by atoms with Crippen LogP contribution in [-0.4, -0.2) is 46.9 Å². The van der Waals surface area contributed by atoms with E-state index >= 15 is 0 Å². The molecule has 0 rings (SSSR count). The fourth-order valence-electron chi connectivity index (χ4n) is 6.69. The quantitative estimate of drug-likeness (QED) is 0.0324. The molecule has 0 spiro atoms. The van der Waals surface area contributed by atoms with Crippen molar-refractivity contribution < 1.29 is 24.5 Å². The molecule has 0 saturated carbocycles. The predicted molar refractivity (Wildman–Crippen MR) is 254 cm³/mol. The minimum Gasteiger partial charge on any atom is -0.462 e. The SMILES string of the molecule is CC/C=C/C=C/C=C\C=C/CCCCCC(=O)OC(CCCCC/C=C/C=C/C=C/C=C/CCCCC)CC(=O)NC(CO)C(O)CCCCCCCCCCCCC. The first kappa shape index (κ1) is 55.8. The Morgan fingerprint density at radius 1 is 0.508 bits per heavy atom. The average molecular weight is 820 g/mol. The van der Waals surface area contributed by atoms with E-state index in [1.807, 2.05) is 48.6 Å². The van der Waals surface area contributed by atoms with Crippen molar-refractivity contribution in [2.75, 3.05) is 6.61 Å². The van der Waals surface area contributed by atoms with Crippen molar-refractivity contribution in [3.05, 3.63) is 97.2 Å². The number of hydrogen-bond donors (Lipinski definition) is 3. The van der Waals surface area contributed by atoms with Crippen LogP contribution in [-0.2, 0) is 14.3 Å². The van der Waals surface area contributed by atoms with E-state index in [0.29, 0.717) is 19.3 Å². The molecule has 3 atom stereocenters. The number of carbonyl (C=O) groups excluding carboxylic acids is 2. The summed E-state index contributed by atoms with van der Waals surface area (Å²) in [5, 5.41) is 23.7. The summed E-state index contributed by atoms with van der Waals surface area (Å²) in [5.74, 6) is -0.569. The van der Waals surface area contributed by atoms with Crippen LogP contribution in [0, 0.1) is 0 Å². The van der Waals surface area contributed by atoms with Gasteiger partial charge in [0, 0.05) is 6.42 Å². The zero-order chi connectivity index (χ0) is 43.1. The molecule has 0 aliphatic rings. The number of amides is 1. The van der Waals surface area contributed by atoms with E-state index in [1.54, 1.807) is 0 Å². The van der Waals surface area contributed by atoms with Crippen molar-refractivity contribution in [2.45, 2.75) is 219 Å². The largest absolute Gasteiger partial charge is 0.462 e. The van der Waals surface area contributed by atoms with Gasteiger partial charge < -0.3 is 20.3 Å². The highest BCUT2D eigenvalue weighted by atomic mass is 16.5. The highest BCUT2D eigenvalue weighted by molar-refractivity contribution is 5.77. The van der Waals surface area contributed by atoms with Gasteiger partial charge in [-0.05, 0) is 70.6 Å². The maximum Gasteiger partial charge on any atom is 0.306 e. The third-order valence-corrected chi connectivity index (χ3v) is 10.3. The number of carbonyl (C=O) groups is 2. The lowest BCUT2D eigenvalue weighted by Crippen LogP contribution is -2.46. The molecule has 0 aromatic rings. The van der Waals surface area contributed by atoms with Crippen molar-refractivity contribution in [3.63, 3.8) is 0 Å². The van der Waals surface area contributed by atoms with E-state index in [4.69, 9.17) is 4.74 Å². The van der Waals surface area contributed by atoms with Crippen LogP contribution in [0.3, 0.4) is 0 Å². The first-order valence-electron chi connectivity index (χ1n) is 24.1. The zero-order valence-electron chi connectivity index (χ0n) is 38.1. The molecular weight excluding hydrogens is 731 g/mol. The topological polar surface area (TPSA) is 95.9 Å². The molecule has 0 bridgehead atoms. The standard InChI is InChI=1S/C53H89NO5/c1-4-7-10-13-16-19-22-24-25-26-28-30-32-35-38-41-44-49(59-53(58)46-43-40-37-34-31-27-23-20-17-14-11-8-5-2)47-52(57)54-50(48-55)51(56)45-42-39-36-33-29-21-18-15-12-9-6-3/h8,11,14,16-17,19-20,22-28,30-31,49-51,55-56H,4-7,9-10,12-13,15,18,21,29,32-48H2,1-3H3,(H,54,57)/b11-8+,17-14+,19-16+,23-20-,24-22+,26-25+,30-28+,31-27-. The fourth-order valence-corrected chi connectivity index (χ4v) is 6.69. The zero-order valence-corrected chi connectivity index (χ0v) is 38.1. The van der Waals surface area contributed by atoms with E-state index in [0.717, 1.165) is 83.5 Å². The van der Waals surface area contributed by atoms with Crippen molar-refractivity contribution in [1.82, 2.24) is 5.32 Å². The van der Waals surface area contributed by atoms with Crippen LogP contribution in [0.1, 0.15) is 201 Å². The monoisotopic (exact) mass is 820 g/mol. The van der Waals surface area contributed by atoms with Gasteiger partial charge in [0.1, 0.15) is 6.10 Å². The van der Waals surface area contributed by atoms with Crippen LogP contribution >= 0.6 is 0 Å². The van der Waals surface area contributed by atoms with Gasteiger partial charge >= 0.3 is 5.97 Å². The predicted octanol–water partition coefficient (Wildman–Crippen LogP) is 14.2. The molecular formula is C53H89NO5. The lowest BCUT2D eigenvalue weighted by Gasteiger charge is -2.24. The maximum atomic E-state index is 13.2. The summed E-state index contributed by atoms with van der Waals surface area (Å²) in [7, 11) is 0. The normalized spacial score (nSPS) is 14.2. The Kier molecular flexibility index (Phi) is 43.4. The smallest absolute Gasteiger partial charge is 0.306 e. The Bertz CT molecular complexity index is 1190. The van der Waals surface area contributed by atoms with Crippen LogP contribution in [0.5, 0.6) is 0 Å². The van der Waals surface area contributed by atoms with E-state index in [2.05, 4.69) is 74.7 Å². The third kappa shape index (κ3) is 41.3. The Morgan fingerprint density at radius 2 is 0.915 bits per heavy atom. The Morgan fingerprint density at radius 3 is 1.42 bits per heavy atom. The number of esters is 1. The summed E-state index contributed by atoms with van der Waals surface area (Å²) in [4.78, 5) is 26.0. The molecule has 6 heteroatoms. The third-order valence-electron chi connectivity index (χ3n) is 10.3. The van der Waals surface area contributed by atoms with Gasteiger partial charge in [0.15, 0.2) is 0 Å². The first-order valence-corrected chi connectivity index (χ1v) is 24.1. The molecule has 0 aliphatic heterocycles. The van der Waals surface area contributed by atoms with Crippen LogP contribution in [0.2, 0.25) is 0 Å². The van der Waals surface area contributed by atoms with Crippen LogP contribution in [0.4, 0.5) is 0 Å². The molecule has 3 unspecified atom stereocenters. The summed E-state index contributed by atoms with van der Waals surface area (Å²) in [6, 6.07) is -0.728. The van der Waals surface area contributed by atoms with E-state index in [9.17, 15) is 19.8 Å². The molecule has 3 N–H and O–H groups in total. The van der Waals surface area contributed by atoms with Gasteiger partial charge in [-0.15, -0.1) is 0 Å². The number of allylic oxidation sites excluding steroid dienone is 16. The summed E-state index contributed by atoms with van der Waals surface area (Å²) in [6.07, 6.45) is 60.3. The number of nitrogens with one attached hydrogen (secondary N) is 1. The van der Waals surface area contributed by atoms with Crippen LogP contribution in [0.15, 0.2) is 97.2 Å². The molecule has 0 aromatic carbocycles. The fraction of sp³-hybridized carbons (Fsp3) is 0.660. The summed E-state index contributed by atoms with van der Waals surface area (Å²) in [5.41, 5.74) is 0. The molecule has 336 valence electrons. The minimum absolute atomic E-state index is 0.0297. The number of unbranched alkanes of at least 4 members (excludes halogenated alkanes) is 19. The summed E-state index contributed by atoms with van der Waals surface area (Å²) in [6.45, 7) is 6.26. The Balaban J connectivity index is 4.79. The second kappa shape index (κ2) is 45.9. The van der Waals surface area contributed by atoms with Crippen molar-refractivity contribution in [2.24, 2.45) is 0 Å². The molecule has 0 saturated heterocycles. The molecule has 6 nitrogen and oxygen atoms in total. The highest BCUT2D eigenvalue weighted by Gasteiger charge is 2.24. The van der Waals surface area contributed by atoms with E-state index < -0.39 is 18.2 Å². The van der Waals surface area contributed by atoms with Gasteiger partial charge in [0.25, 0.3) is 0 Å². The average Bonchev–Trinajstić information content (AvgIpc) is 3.23. The van der Waals surface area contributed by atoms with Gasteiger partial charge in [-0.1, -0.05) is 214 Å². The molecule has 0 radical (unpaired) electrons. The van der Waals surface area contributed by atoms with Gasteiger partial charge in [-0.25, -0.2) is 0 Å². The van der Waals surface area contributed by atoms with Gasteiger partial charge in [0.2, 0.25) is 5.91 Å². The number of rotatable bonds is 41. The second-order valence-corrected chi connectivity index (χ2v) is 16.0. The molecule has 0 aliphatic carbocycles. The first-order chi connectivity index (χ1) is 29.0. The minimum atomic E-state index is -0.810. The Hall–Kier alpha value is -3.22. The van der Waals surface area contributed by atoms with Crippen LogP contribution < -0.4 is 5.32 Å². The number of aliphatic hydroxyl groups excluding tert-OH is 2. The number of aliphatic hydroxyl groups is 2. The molecule has 0 aromatic heterocycles. The number of ether oxygens (including phenoxy) is 1. The molecule has 1 amide bonds. The summed E-state index contributed by atoms with van der Waals surface area (Å²) >= 11 is 0. The van der Waals surface area contributed by atoms with E-state index in [-0.39, 0.29) is 24.9 Å². The van der Waals surface area contributed by atoms with Gasteiger partial charge in [-0.2, -0.15) is 0 Å². The van der Waals surface area contributed by atoms with Crippen molar-refractivity contribution >= 4 is 11.9 Å². The molecule has 0 fully saturated rings. The lowest BCUT2D eigenvalue weighted by molar-refractivity contribution is -0.151. The molecule has 0 heterocycles. The molecule has 59 heavy (non-hydrogen) atoms.